The van der Waals surface area contributed by atoms with E-state index in [1.54, 1.807) is 12.1 Å². The van der Waals surface area contributed by atoms with Crippen molar-refractivity contribution < 1.29 is 30.0 Å². The Morgan fingerprint density at radius 2 is 1.38 bits per heavy atom. The Hall–Kier alpha value is -1.32. The van der Waals surface area contributed by atoms with Crippen molar-refractivity contribution in [2.45, 2.75) is 114 Å². The number of benzene rings is 1. The highest BCUT2D eigenvalue weighted by atomic mass is 35.5. The van der Waals surface area contributed by atoms with Gasteiger partial charge in [-0.15, -0.1) is 0 Å². The lowest BCUT2D eigenvalue weighted by Crippen LogP contribution is -2.25. The summed E-state index contributed by atoms with van der Waals surface area (Å²) in [5.41, 5.74) is -4.71. The Labute approximate surface area is 228 Å². The number of hydrogen-bond acceptors (Lipinski definition) is 4. The number of halogens is 4. The summed E-state index contributed by atoms with van der Waals surface area (Å²) in [7, 11) is -7.98. The molecular formula is C27H40ClF3O4S2. The molecule has 1 rings (SSSR count). The van der Waals surface area contributed by atoms with Crippen molar-refractivity contribution in [1.82, 2.24) is 0 Å². The maximum atomic E-state index is 12.9. The van der Waals surface area contributed by atoms with Gasteiger partial charge in [0.1, 0.15) is 20.9 Å². The summed E-state index contributed by atoms with van der Waals surface area (Å²) in [4.78, 5) is 0.241. The van der Waals surface area contributed by atoms with Crippen molar-refractivity contribution in [3.63, 3.8) is 0 Å². The second-order valence-electron chi connectivity index (χ2n) is 9.10. The van der Waals surface area contributed by atoms with Gasteiger partial charge in [-0.1, -0.05) is 99.7 Å². The van der Waals surface area contributed by atoms with E-state index in [0.717, 1.165) is 37.7 Å². The molecule has 1 aromatic rings. The van der Waals surface area contributed by atoms with Crippen molar-refractivity contribution in [2.24, 2.45) is 0 Å². The Morgan fingerprint density at radius 1 is 0.892 bits per heavy atom. The monoisotopic (exact) mass is 584 g/mol. The van der Waals surface area contributed by atoms with Crippen molar-refractivity contribution in [1.29, 1.82) is 0 Å². The van der Waals surface area contributed by atoms with E-state index in [0.29, 0.717) is 12.8 Å². The molecule has 1 atom stereocenters. The smallest absolute Gasteiger partial charge is 0.378 e. The van der Waals surface area contributed by atoms with Crippen LogP contribution in [-0.2, 0) is 25.1 Å². The van der Waals surface area contributed by atoms with Gasteiger partial charge in [-0.05, 0) is 51.2 Å². The molecule has 212 valence electrons. The number of alkyl halides is 3. The topological polar surface area (TPSA) is 60.4 Å². The number of hydrogen-bond donors (Lipinski definition) is 0. The molecule has 0 heterocycles. The fraction of sp³-hybridized carbons (Fsp3) is 0.630. The van der Waals surface area contributed by atoms with Gasteiger partial charge in [-0.3, -0.25) is 0 Å². The number of aryl methyl sites for hydroxylation is 1. The van der Waals surface area contributed by atoms with Crippen LogP contribution in [0.5, 0.6) is 0 Å². The third-order valence-electron chi connectivity index (χ3n) is 5.78. The molecule has 0 bridgehead atoms. The van der Waals surface area contributed by atoms with Crippen LogP contribution in [-0.4, -0.2) is 18.1 Å². The summed E-state index contributed by atoms with van der Waals surface area (Å²) in [6.45, 7) is 4.03. The summed E-state index contributed by atoms with van der Waals surface area (Å²) in [6, 6.07) is 6.39. The average Bonchev–Trinajstić information content (AvgIpc) is 2.84. The van der Waals surface area contributed by atoms with Crippen LogP contribution in [0.15, 0.2) is 51.4 Å². The van der Waals surface area contributed by atoms with Crippen LogP contribution in [0, 0.1) is 6.92 Å². The molecule has 0 aliphatic carbocycles. The van der Waals surface area contributed by atoms with Gasteiger partial charge in [0.2, 0.25) is 0 Å². The molecule has 0 aromatic heterocycles. The predicted octanol–water partition coefficient (Wildman–Crippen LogP) is 9.41. The third kappa shape index (κ3) is 13.9. The van der Waals surface area contributed by atoms with Crippen molar-refractivity contribution in [3.8, 4) is 0 Å². The Balaban J connectivity index is 2.52. The SMILES string of the molecule is CCCCCCCC/C=C\CCCCCCC/C(OS(=O)(=O)C(F)(F)F)=C(\Cl)S(=O)c1ccc(C)cc1. The lowest BCUT2D eigenvalue weighted by molar-refractivity contribution is -0.0523. The molecule has 0 N–H and O–H groups in total. The largest absolute Gasteiger partial charge is 0.534 e. The number of unbranched alkanes of at least 4 members (excludes halogenated alkanes) is 11. The maximum absolute atomic E-state index is 12.9. The van der Waals surface area contributed by atoms with Crippen molar-refractivity contribution in [3.05, 3.63) is 52.1 Å². The molecule has 0 aliphatic heterocycles. The van der Waals surface area contributed by atoms with Gasteiger partial charge in [0, 0.05) is 11.3 Å². The molecule has 0 amide bonds. The van der Waals surface area contributed by atoms with Crippen LogP contribution < -0.4 is 0 Å². The Bertz CT molecular complexity index is 972. The predicted molar refractivity (Wildman–Crippen MR) is 146 cm³/mol. The van der Waals surface area contributed by atoms with Crippen LogP contribution in [0.25, 0.3) is 0 Å². The lowest BCUT2D eigenvalue weighted by Gasteiger charge is -2.14. The molecule has 0 saturated carbocycles. The van der Waals surface area contributed by atoms with E-state index in [9.17, 15) is 25.8 Å². The molecule has 1 aromatic carbocycles. The zero-order valence-electron chi connectivity index (χ0n) is 21.8. The van der Waals surface area contributed by atoms with E-state index in [-0.39, 0.29) is 11.3 Å². The molecule has 10 heteroatoms. The number of allylic oxidation sites excluding steroid dienone is 3. The Morgan fingerprint density at radius 3 is 1.89 bits per heavy atom. The highest BCUT2D eigenvalue weighted by molar-refractivity contribution is 7.91. The zero-order valence-corrected chi connectivity index (χ0v) is 24.2. The molecule has 37 heavy (non-hydrogen) atoms. The number of rotatable bonds is 19. The summed E-state index contributed by atoms with van der Waals surface area (Å²) in [5.74, 6) is -0.629. The second kappa shape index (κ2) is 18.1. The van der Waals surface area contributed by atoms with E-state index in [1.165, 1.54) is 50.7 Å². The normalized spacial score (nSPS) is 14.1. The Kier molecular flexibility index (Phi) is 16.4. The van der Waals surface area contributed by atoms with Gasteiger partial charge in [0.15, 0.2) is 0 Å². The summed E-state index contributed by atoms with van der Waals surface area (Å²) in [6.07, 6.45) is 17.8. The van der Waals surface area contributed by atoms with Crippen LogP contribution in [0.2, 0.25) is 0 Å². The zero-order chi connectivity index (χ0) is 27.7. The maximum Gasteiger partial charge on any atom is 0.534 e. The van der Waals surface area contributed by atoms with E-state index in [2.05, 4.69) is 23.3 Å². The molecule has 4 nitrogen and oxygen atoms in total. The van der Waals surface area contributed by atoms with Crippen molar-refractivity contribution in [2.75, 3.05) is 0 Å². The molecule has 0 saturated heterocycles. The molecule has 1 unspecified atom stereocenters. The van der Waals surface area contributed by atoms with Crippen LogP contribution in [0.3, 0.4) is 0 Å². The minimum Gasteiger partial charge on any atom is -0.378 e. The lowest BCUT2D eigenvalue weighted by atomic mass is 10.1. The second-order valence-corrected chi connectivity index (χ2v) is 12.7. The highest BCUT2D eigenvalue weighted by Crippen LogP contribution is 2.32. The van der Waals surface area contributed by atoms with Gasteiger partial charge >= 0.3 is 15.6 Å². The van der Waals surface area contributed by atoms with Gasteiger partial charge in [-0.25, -0.2) is 4.21 Å². The van der Waals surface area contributed by atoms with E-state index < -0.39 is 36.5 Å². The summed E-state index contributed by atoms with van der Waals surface area (Å²) < 4.78 is 78.4. The van der Waals surface area contributed by atoms with Crippen molar-refractivity contribution >= 4 is 32.5 Å². The summed E-state index contributed by atoms with van der Waals surface area (Å²) in [5, 5.41) is 0. The van der Waals surface area contributed by atoms with Gasteiger partial charge in [0.05, 0.1) is 0 Å². The highest BCUT2D eigenvalue weighted by Gasteiger charge is 2.49. The quantitative estimate of drug-likeness (QED) is 0.0534. The molecular weight excluding hydrogens is 545 g/mol. The van der Waals surface area contributed by atoms with Gasteiger partial charge in [-0.2, -0.15) is 21.6 Å². The van der Waals surface area contributed by atoms with Gasteiger partial charge in [0.25, 0.3) is 0 Å². The van der Waals surface area contributed by atoms with Crippen LogP contribution in [0.1, 0.15) is 102 Å². The van der Waals surface area contributed by atoms with Crippen LogP contribution in [0.4, 0.5) is 13.2 Å². The van der Waals surface area contributed by atoms with E-state index in [4.69, 9.17) is 11.6 Å². The summed E-state index contributed by atoms with van der Waals surface area (Å²) >= 11 is 6.11. The molecule has 0 fully saturated rings. The minimum atomic E-state index is -5.92. The first kappa shape index (κ1) is 33.7. The average molecular weight is 585 g/mol. The first-order valence-electron chi connectivity index (χ1n) is 13.0. The molecule has 0 spiro atoms. The molecule has 0 aliphatic rings. The fourth-order valence-electron chi connectivity index (χ4n) is 3.58. The van der Waals surface area contributed by atoms with E-state index >= 15 is 0 Å². The van der Waals surface area contributed by atoms with Crippen LogP contribution >= 0.6 is 11.6 Å². The molecule has 0 radical (unpaired) electrons. The fourth-order valence-corrected chi connectivity index (χ4v) is 5.54. The first-order valence-corrected chi connectivity index (χ1v) is 16.0. The van der Waals surface area contributed by atoms with E-state index in [1.807, 2.05) is 6.92 Å². The van der Waals surface area contributed by atoms with Gasteiger partial charge < -0.3 is 4.18 Å². The standard InChI is InChI=1S/C27H40ClF3O4S2/c1-3-4-5-6-7-8-9-10-11-12-13-14-15-16-17-18-25(35-37(33,34)27(29,30)31)26(28)36(32)24-21-19-23(2)20-22-24/h10-11,19-22H,3-9,12-18H2,1-2H3/b11-10-,26-25-. The third-order valence-corrected chi connectivity index (χ3v) is 8.65. The minimum absolute atomic E-state index is 0.163. The first-order chi connectivity index (χ1) is 17.5.